The van der Waals surface area contributed by atoms with Gasteiger partial charge in [-0.1, -0.05) is 6.92 Å². The van der Waals surface area contributed by atoms with Gasteiger partial charge in [-0.3, -0.25) is 0 Å². The van der Waals surface area contributed by atoms with E-state index in [9.17, 15) is 0 Å². The molecular formula is C13H14N2O2. The zero-order valence-corrected chi connectivity index (χ0v) is 9.77. The molecule has 88 valence electrons. The molecule has 0 N–H and O–H groups in total. The second kappa shape index (κ2) is 5.35. The standard InChI is InChI=1S/C13H14N2O2/c1-2-13-15-11-9-10(5-6-12(11)17-13)16-8-4-3-7-14/h5-6,9H,2-4,8H2,1H3. The Hall–Kier alpha value is -2.02. The average Bonchev–Trinajstić information content (AvgIpc) is 2.77. The molecule has 0 fully saturated rings. The molecule has 0 bridgehead atoms. The summed E-state index contributed by atoms with van der Waals surface area (Å²) in [5, 5.41) is 8.41. The van der Waals surface area contributed by atoms with Gasteiger partial charge in [-0.15, -0.1) is 0 Å². The minimum absolute atomic E-state index is 0.520. The number of hydrogen-bond acceptors (Lipinski definition) is 4. The zero-order valence-electron chi connectivity index (χ0n) is 9.77. The fourth-order valence-corrected chi connectivity index (χ4v) is 1.54. The Balaban J connectivity index is 2.06. The summed E-state index contributed by atoms with van der Waals surface area (Å²) in [7, 11) is 0. The van der Waals surface area contributed by atoms with E-state index in [4.69, 9.17) is 14.4 Å². The van der Waals surface area contributed by atoms with Gasteiger partial charge in [0.1, 0.15) is 11.3 Å². The van der Waals surface area contributed by atoms with Crippen LogP contribution in [-0.4, -0.2) is 11.6 Å². The maximum atomic E-state index is 8.41. The molecule has 0 radical (unpaired) electrons. The first-order valence-electron chi connectivity index (χ1n) is 5.72. The van der Waals surface area contributed by atoms with E-state index < -0.39 is 0 Å². The number of nitriles is 1. The number of rotatable bonds is 5. The van der Waals surface area contributed by atoms with E-state index in [1.807, 2.05) is 25.1 Å². The third-order valence-corrected chi connectivity index (χ3v) is 2.41. The monoisotopic (exact) mass is 230 g/mol. The molecule has 2 rings (SSSR count). The molecule has 0 aliphatic carbocycles. The first kappa shape index (κ1) is 11.5. The van der Waals surface area contributed by atoms with E-state index in [2.05, 4.69) is 11.1 Å². The number of nitrogens with zero attached hydrogens (tertiary/aromatic N) is 2. The molecule has 0 atom stereocenters. The number of unbranched alkanes of at least 4 members (excludes halogenated alkanes) is 1. The van der Waals surface area contributed by atoms with Crippen molar-refractivity contribution in [3.63, 3.8) is 0 Å². The molecule has 4 nitrogen and oxygen atoms in total. The molecule has 4 heteroatoms. The van der Waals surface area contributed by atoms with Gasteiger partial charge in [0, 0.05) is 18.9 Å². The normalized spacial score (nSPS) is 10.4. The van der Waals surface area contributed by atoms with E-state index in [0.717, 1.165) is 35.6 Å². The van der Waals surface area contributed by atoms with Crippen molar-refractivity contribution in [1.29, 1.82) is 5.26 Å². The molecule has 0 aliphatic rings. The van der Waals surface area contributed by atoms with E-state index in [1.54, 1.807) is 0 Å². The number of oxazole rings is 1. The average molecular weight is 230 g/mol. The third-order valence-electron chi connectivity index (χ3n) is 2.41. The summed E-state index contributed by atoms with van der Waals surface area (Å²) in [6.07, 6.45) is 2.05. The summed E-state index contributed by atoms with van der Waals surface area (Å²) < 4.78 is 11.0. The third kappa shape index (κ3) is 2.76. The zero-order chi connectivity index (χ0) is 12.1. The van der Waals surface area contributed by atoms with Gasteiger partial charge in [-0.05, 0) is 18.6 Å². The van der Waals surface area contributed by atoms with E-state index in [0.29, 0.717) is 13.0 Å². The molecule has 17 heavy (non-hydrogen) atoms. The van der Waals surface area contributed by atoms with Crippen molar-refractivity contribution in [2.45, 2.75) is 26.2 Å². The molecule has 0 amide bonds. The van der Waals surface area contributed by atoms with Crippen LogP contribution in [0, 0.1) is 11.3 Å². The van der Waals surface area contributed by atoms with Gasteiger partial charge >= 0.3 is 0 Å². The van der Waals surface area contributed by atoms with E-state index in [1.165, 1.54) is 0 Å². The first-order valence-corrected chi connectivity index (χ1v) is 5.72. The summed E-state index contributed by atoms with van der Waals surface area (Å²) in [4.78, 5) is 4.34. The summed E-state index contributed by atoms with van der Waals surface area (Å²) in [5.74, 6) is 1.51. The predicted molar refractivity (Wildman–Crippen MR) is 63.7 cm³/mol. The molecule has 0 spiro atoms. The van der Waals surface area contributed by atoms with Gasteiger partial charge < -0.3 is 9.15 Å². The SMILES string of the molecule is CCc1nc2cc(OCCCC#N)ccc2o1. The van der Waals surface area contributed by atoms with Crippen LogP contribution in [0.1, 0.15) is 25.7 Å². The lowest BCUT2D eigenvalue weighted by atomic mass is 10.3. The Kier molecular flexibility index (Phi) is 3.61. The topological polar surface area (TPSA) is 59.0 Å². The van der Waals surface area contributed by atoms with Crippen molar-refractivity contribution in [2.75, 3.05) is 6.61 Å². The number of aryl methyl sites for hydroxylation is 1. The van der Waals surface area contributed by atoms with Crippen LogP contribution < -0.4 is 4.74 Å². The summed E-state index contributed by atoms with van der Waals surface area (Å²) in [5.41, 5.74) is 1.60. The van der Waals surface area contributed by atoms with Crippen molar-refractivity contribution in [2.24, 2.45) is 0 Å². The maximum Gasteiger partial charge on any atom is 0.195 e. The minimum atomic E-state index is 0.520. The fraction of sp³-hybridized carbons (Fsp3) is 0.385. The Morgan fingerprint density at radius 2 is 2.35 bits per heavy atom. The van der Waals surface area contributed by atoms with Crippen molar-refractivity contribution in [3.8, 4) is 11.8 Å². The number of benzene rings is 1. The largest absolute Gasteiger partial charge is 0.493 e. The molecule has 0 saturated heterocycles. The molecule has 1 aromatic heterocycles. The van der Waals surface area contributed by atoms with Crippen molar-refractivity contribution >= 4 is 11.1 Å². The summed E-state index contributed by atoms with van der Waals surface area (Å²) in [6.45, 7) is 2.56. The highest BCUT2D eigenvalue weighted by Crippen LogP contribution is 2.21. The lowest BCUT2D eigenvalue weighted by molar-refractivity contribution is 0.313. The molecule has 1 aromatic carbocycles. The Labute approximate surface area is 99.8 Å². The van der Waals surface area contributed by atoms with Gasteiger partial charge in [-0.25, -0.2) is 4.98 Å². The Bertz CT molecular complexity index is 540. The number of fused-ring (bicyclic) bond motifs is 1. The maximum absolute atomic E-state index is 8.41. The predicted octanol–water partition coefficient (Wildman–Crippen LogP) is 3.07. The van der Waals surface area contributed by atoms with Crippen LogP contribution in [0.3, 0.4) is 0 Å². The second-order valence-corrected chi connectivity index (χ2v) is 3.70. The minimum Gasteiger partial charge on any atom is -0.493 e. The van der Waals surface area contributed by atoms with Crippen molar-refractivity contribution in [1.82, 2.24) is 4.98 Å². The molecule has 1 heterocycles. The number of hydrogen-bond donors (Lipinski definition) is 0. The van der Waals surface area contributed by atoms with E-state index in [-0.39, 0.29) is 0 Å². The number of aromatic nitrogens is 1. The van der Waals surface area contributed by atoms with Gasteiger partial charge in [0.15, 0.2) is 11.5 Å². The second-order valence-electron chi connectivity index (χ2n) is 3.70. The van der Waals surface area contributed by atoms with Crippen LogP contribution in [0.25, 0.3) is 11.1 Å². The Morgan fingerprint density at radius 3 is 3.12 bits per heavy atom. The summed E-state index contributed by atoms with van der Waals surface area (Å²) >= 11 is 0. The van der Waals surface area contributed by atoms with Crippen LogP contribution in [0.5, 0.6) is 5.75 Å². The van der Waals surface area contributed by atoms with Crippen LogP contribution >= 0.6 is 0 Å². The molecule has 0 aliphatic heterocycles. The van der Waals surface area contributed by atoms with E-state index >= 15 is 0 Å². The fourth-order valence-electron chi connectivity index (χ4n) is 1.54. The van der Waals surface area contributed by atoms with Gasteiger partial charge in [-0.2, -0.15) is 5.26 Å². The van der Waals surface area contributed by atoms with Gasteiger partial charge in [0.05, 0.1) is 12.7 Å². The van der Waals surface area contributed by atoms with Gasteiger partial charge in [0.25, 0.3) is 0 Å². The highest BCUT2D eigenvalue weighted by Gasteiger charge is 2.05. The lowest BCUT2D eigenvalue weighted by Crippen LogP contribution is -1.96. The lowest BCUT2D eigenvalue weighted by Gasteiger charge is -2.03. The molecule has 0 saturated carbocycles. The van der Waals surface area contributed by atoms with Crippen molar-refractivity contribution < 1.29 is 9.15 Å². The molecular weight excluding hydrogens is 216 g/mol. The van der Waals surface area contributed by atoms with Crippen LogP contribution in [0.4, 0.5) is 0 Å². The number of ether oxygens (including phenoxy) is 1. The van der Waals surface area contributed by atoms with Crippen molar-refractivity contribution in [3.05, 3.63) is 24.1 Å². The van der Waals surface area contributed by atoms with Crippen LogP contribution in [0.2, 0.25) is 0 Å². The molecule has 2 aromatic rings. The highest BCUT2D eigenvalue weighted by atomic mass is 16.5. The van der Waals surface area contributed by atoms with Gasteiger partial charge in [0.2, 0.25) is 0 Å². The highest BCUT2D eigenvalue weighted by molar-refractivity contribution is 5.74. The van der Waals surface area contributed by atoms with Crippen LogP contribution in [-0.2, 0) is 6.42 Å². The Morgan fingerprint density at radius 1 is 1.47 bits per heavy atom. The quantitative estimate of drug-likeness (QED) is 0.740. The summed E-state index contributed by atoms with van der Waals surface area (Å²) in [6, 6.07) is 7.68. The molecule has 0 unspecified atom stereocenters. The smallest absolute Gasteiger partial charge is 0.195 e. The van der Waals surface area contributed by atoms with Crippen LogP contribution in [0.15, 0.2) is 22.6 Å². The first-order chi connectivity index (χ1) is 8.33.